The van der Waals surface area contributed by atoms with Gasteiger partial charge in [-0.1, -0.05) is 72.8 Å². The van der Waals surface area contributed by atoms with E-state index in [0.717, 1.165) is 88.6 Å². The summed E-state index contributed by atoms with van der Waals surface area (Å²) >= 11 is 0. The fourth-order valence-corrected chi connectivity index (χ4v) is 12.6. The number of aromatic amines is 2. The van der Waals surface area contributed by atoms with E-state index >= 15 is 0 Å². The molecule has 0 aliphatic carbocycles. The predicted octanol–water partition coefficient (Wildman–Crippen LogP) is 15.9. The molecule has 12 heteroatoms. The van der Waals surface area contributed by atoms with E-state index in [1.165, 1.54) is 43.8 Å². The second-order valence-corrected chi connectivity index (χ2v) is 21.3. The molecule has 9 heterocycles. The van der Waals surface area contributed by atoms with E-state index in [4.69, 9.17) is 29.9 Å². The summed E-state index contributed by atoms with van der Waals surface area (Å²) in [6, 6.07) is 60.0. The molecule has 0 saturated heterocycles. The summed E-state index contributed by atoms with van der Waals surface area (Å²) in [4.78, 5) is 40.2. The van der Waals surface area contributed by atoms with E-state index < -0.39 is 0 Å². The first-order valence-corrected chi connectivity index (χ1v) is 26.9. The van der Waals surface area contributed by atoms with Crippen LogP contribution >= 0.6 is 0 Å². The topological polar surface area (TPSA) is 129 Å². The van der Waals surface area contributed by atoms with E-state index in [1.54, 1.807) is 0 Å². The van der Waals surface area contributed by atoms with Crippen molar-refractivity contribution in [1.82, 2.24) is 58.1 Å². The monoisotopic (exact) mass is 1030 g/mol. The third-order valence-electron chi connectivity index (χ3n) is 16.5. The first kappa shape index (κ1) is 44.4. The van der Waals surface area contributed by atoms with Gasteiger partial charge in [0.15, 0.2) is 23.3 Å². The van der Waals surface area contributed by atoms with Gasteiger partial charge in [-0.25, -0.2) is 29.9 Å². The van der Waals surface area contributed by atoms with Crippen molar-refractivity contribution in [2.45, 2.75) is 27.7 Å². The number of H-pyrrole nitrogens is 2. The summed E-state index contributed by atoms with van der Waals surface area (Å²) in [6.45, 7) is 8.63. The van der Waals surface area contributed by atoms with Crippen LogP contribution in [0.4, 0.5) is 0 Å². The molecular formula is C68H46N12. The summed E-state index contributed by atoms with van der Waals surface area (Å²) in [5, 5.41) is 8.37. The Morgan fingerprint density at radius 1 is 0.263 bits per heavy atom. The number of hydrogen-bond acceptors (Lipinski definition) is 6. The highest BCUT2D eigenvalue weighted by Crippen LogP contribution is 2.41. The molecule has 80 heavy (non-hydrogen) atoms. The number of nitrogens with zero attached hydrogens (tertiary/aromatic N) is 10. The minimum absolute atomic E-state index is 0.530. The van der Waals surface area contributed by atoms with Crippen LogP contribution in [0.2, 0.25) is 0 Å². The Kier molecular flexibility index (Phi) is 9.10. The molecule has 12 nitrogen and oxygen atoms in total. The number of aromatic nitrogens is 12. The molecule has 378 valence electrons. The molecule has 2 N–H and O–H groups in total. The molecule has 2 aliphatic rings. The van der Waals surface area contributed by atoms with Gasteiger partial charge in [-0.15, -0.1) is 0 Å². The standard InChI is InChI=1S/C68H46N12/c1-37-33-77(57-17-9-5-13-45(37)57)41-21-25-49-53(29-41)65-69-61(49)74-66-55-31-43(79-35-39(3)47-15-7-11-19-59(47)79)23-27-51(55)63(71-66)76-68-56-32-44(80-36-40(4)48-16-8-12-20-60(48)80)24-28-52(56)64(72-68)75-67-54-30-42(22-26-50(54)62(70-67)73-65)78-34-38(2)46-14-6-10-18-58(46)78/h5-36H,1-4H3,(H2,69,70,71,72,73,74,75,76). The summed E-state index contributed by atoms with van der Waals surface area (Å²) < 4.78 is 9.00. The van der Waals surface area contributed by atoms with Crippen LogP contribution in [0.3, 0.4) is 0 Å². The van der Waals surface area contributed by atoms with Gasteiger partial charge in [0.05, 0.1) is 22.1 Å². The highest BCUT2D eigenvalue weighted by Gasteiger charge is 2.25. The molecule has 15 aromatic rings. The molecule has 7 aromatic heterocycles. The van der Waals surface area contributed by atoms with Gasteiger partial charge in [0.1, 0.15) is 22.6 Å². The minimum atomic E-state index is 0.530. The van der Waals surface area contributed by atoms with Crippen LogP contribution in [-0.4, -0.2) is 58.1 Å². The Balaban J connectivity index is 0.974. The maximum absolute atomic E-state index is 5.51. The average molecular weight is 1030 g/mol. The van der Waals surface area contributed by atoms with Crippen LogP contribution in [0.5, 0.6) is 0 Å². The smallest absolute Gasteiger partial charge is 0.164 e. The highest BCUT2D eigenvalue weighted by molar-refractivity contribution is 6.08. The van der Waals surface area contributed by atoms with Gasteiger partial charge in [0.25, 0.3) is 0 Å². The van der Waals surface area contributed by atoms with Gasteiger partial charge in [-0.05, 0) is 147 Å². The Labute approximate surface area is 456 Å². The van der Waals surface area contributed by atoms with E-state index in [2.05, 4.69) is 251 Å². The van der Waals surface area contributed by atoms with Crippen LogP contribution in [-0.2, 0) is 0 Å². The summed E-state index contributed by atoms with van der Waals surface area (Å²) in [6.07, 6.45) is 8.80. The fourth-order valence-electron chi connectivity index (χ4n) is 12.6. The van der Waals surface area contributed by atoms with E-state index in [1.807, 2.05) is 0 Å². The third kappa shape index (κ3) is 6.50. The van der Waals surface area contributed by atoms with Crippen LogP contribution in [0.15, 0.2) is 195 Å². The van der Waals surface area contributed by atoms with Crippen molar-refractivity contribution in [3.63, 3.8) is 0 Å². The first-order valence-electron chi connectivity index (χ1n) is 26.9. The molecular weight excluding hydrogens is 985 g/mol. The fraction of sp³-hybridized carbons (Fsp3) is 0.0588. The Bertz CT molecular complexity index is 5050. The van der Waals surface area contributed by atoms with E-state index in [9.17, 15) is 0 Å². The van der Waals surface area contributed by atoms with Crippen molar-refractivity contribution in [3.8, 4) is 68.3 Å². The van der Waals surface area contributed by atoms with Crippen LogP contribution in [0.1, 0.15) is 22.3 Å². The Morgan fingerprint density at radius 2 is 0.550 bits per heavy atom. The predicted molar refractivity (Wildman–Crippen MR) is 322 cm³/mol. The number of para-hydroxylation sites is 4. The minimum Gasteiger partial charge on any atom is -0.324 e. The van der Waals surface area contributed by atoms with Crippen molar-refractivity contribution in [2.75, 3.05) is 0 Å². The number of nitrogens with one attached hydrogen (secondary N) is 2. The molecule has 0 amide bonds. The molecule has 0 spiro atoms. The highest BCUT2D eigenvalue weighted by atomic mass is 15.1. The van der Waals surface area contributed by atoms with Gasteiger partial charge in [-0.3, -0.25) is 0 Å². The number of aryl methyl sites for hydroxylation is 4. The van der Waals surface area contributed by atoms with E-state index in [0.29, 0.717) is 45.9 Å². The first-order chi connectivity index (χ1) is 39.2. The lowest BCUT2D eigenvalue weighted by atomic mass is 10.1. The number of fused-ring (bicyclic) bond motifs is 24. The molecule has 0 radical (unpaired) electrons. The lowest BCUT2D eigenvalue weighted by Gasteiger charge is -2.08. The molecule has 2 aliphatic heterocycles. The van der Waals surface area contributed by atoms with Gasteiger partial charge in [-0.2, -0.15) is 0 Å². The molecule has 17 rings (SSSR count). The quantitative estimate of drug-likeness (QED) is 0.181. The molecule has 0 atom stereocenters. The van der Waals surface area contributed by atoms with Crippen molar-refractivity contribution in [2.24, 2.45) is 0 Å². The summed E-state index contributed by atoms with van der Waals surface area (Å²) in [7, 11) is 0. The van der Waals surface area contributed by atoms with Crippen molar-refractivity contribution >= 4 is 87.7 Å². The molecule has 8 bridgehead atoms. The zero-order valence-corrected chi connectivity index (χ0v) is 43.9. The SMILES string of the molecule is Cc1cn(-c2ccc3c(c2)-c2nc-3nc3[nH]c(nc4nc(nc5[nH]c(n2)c2ccc(-n6cc(C)c7ccccc76)cc52)-c2ccc(-n5cc(C)c6ccccc65)cc2-4)c2ccc(-n4cc(C)c5ccccc54)cc32)c2ccccc12. The lowest BCUT2D eigenvalue weighted by Crippen LogP contribution is -1.93. The number of benzene rings is 8. The summed E-state index contributed by atoms with van der Waals surface area (Å²) in [5.41, 5.74) is 19.2. The van der Waals surface area contributed by atoms with Crippen LogP contribution < -0.4 is 0 Å². The second kappa shape index (κ2) is 16.4. The normalized spacial score (nSPS) is 12.2. The molecule has 8 aromatic carbocycles. The van der Waals surface area contributed by atoms with Crippen molar-refractivity contribution in [1.29, 1.82) is 0 Å². The zero-order valence-electron chi connectivity index (χ0n) is 43.9. The average Bonchev–Trinajstić information content (AvgIpc) is 4.49. The lowest BCUT2D eigenvalue weighted by molar-refractivity contribution is 1.12. The molecule has 0 saturated carbocycles. The van der Waals surface area contributed by atoms with Gasteiger partial charge >= 0.3 is 0 Å². The molecule has 0 fully saturated rings. The maximum atomic E-state index is 5.51. The summed E-state index contributed by atoms with van der Waals surface area (Å²) in [5.74, 6) is 2.12. The van der Waals surface area contributed by atoms with Gasteiger partial charge < -0.3 is 28.2 Å². The second-order valence-electron chi connectivity index (χ2n) is 21.3. The van der Waals surface area contributed by atoms with E-state index in [-0.39, 0.29) is 0 Å². The van der Waals surface area contributed by atoms with Crippen molar-refractivity contribution < 1.29 is 0 Å². The number of hydrogen-bond donors (Lipinski definition) is 2. The van der Waals surface area contributed by atoms with Gasteiger partial charge in [0.2, 0.25) is 0 Å². The maximum Gasteiger partial charge on any atom is 0.164 e. The molecule has 0 unspecified atom stereocenters. The van der Waals surface area contributed by atoms with Crippen LogP contribution in [0.25, 0.3) is 156 Å². The third-order valence-corrected chi connectivity index (χ3v) is 16.5. The number of rotatable bonds is 4. The Hall–Kier alpha value is -10.7. The largest absolute Gasteiger partial charge is 0.324 e. The van der Waals surface area contributed by atoms with Crippen LogP contribution in [0, 0.1) is 27.7 Å². The Morgan fingerprint density at radius 3 is 0.900 bits per heavy atom. The zero-order chi connectivity index (χ0) is 53.1. The van der Waals surface area contributed by atoms with Gasteiger partial charge in [0, 0.05) is 113 Å². The van der Waals surface area contributed by atoms with Crippen molar-refractivity contribution in [3.05, 3.63) is 217 Å².